The molecule has 0 aliphatic carbocycles. The van der Waals surface area contributed by atoms with E-state index in [-0.39, 0.29) is 0 Å². The van der Waals surface area contributed by atoms with Crippen LogP contribution in [0.15, 0.2) is 90.5 Å². The average molecular weight is 313 g/mol. The van der Waals surface area contributed by atoms with Gasteiger partial charge in [0.25, 0.3) is 0 Å². The number of nitrogens with two attached hydrogens (primary N) is 1. The van der Waals surface area contributed by atoms with E-state index in [9.17, 15) is 0 Å². The summed E-state index contributed by atoms with van der Waals surface area (Å²) >= 11 is 0. The van der Waals surface area contributed by atoms with Crippen molar-refractivity contribution in [3.05, 3.63) is 113 Å². The number of rotatable bonds is 6. The van der Waals surface area contributed by atoms with Gasteiger partial charge in [0.05, 0.1) is 0 Å². The van der Waals surface area contributed by atoms with Crippen molar-refractivity contribution in [2.75, 3.05) is 0 Å². The summed E-state index contributed by atoms with van der Waals surface area (Å²) in [4.78, 5) is 0. The summed E-state index contributed by atoms with van der Waals surface area (Å²) in [5.41, 5.74) is 12.2. The van der Waals surface area contributed by atoms with E-state index < -0.39 is 0 Å². The average Bonchev–Trinajstić information content (AvgIpc) is 2.64. The summed E-state index contributed by atoms with van der Waals surface area (Å²) in [5, 5.41) is 0. The fraction of sp³-hybridized carbons (Fsp3) is 0.130. The second-order valence-corrected chi connectivity index (χ2v) is 6.07. The summed E-state index contributed by atoms with van der Waals surface area (Å²) in [6, 6.07) is 29.8. The van der Waals surface area contributed by atoms with Gasteiger partial charge in [0, 0.05) is 6.54 Å². The lowest BCUT2D eigenvalue weighted by Crippen LogP contribution is -1.97. The Morgan fingerprint density at radius 2 is 1.12 bits per heavy atom. The smallest absolute Gasteiger partial charge is 0.0178 e. The Kier molecular flexibility index (Phi) is 5.60. The van der Waals surface area contributed by atoms with Crippen LogP contribution in [0.1, 0.15) is 22.3 Å². The topological polar surface area (TPSA) is 26.0 Å². The molecule has 0 saturated carbocycles. The Bertz CT molecular complexity index is 728. The molecule has 0 saturated heterocycles. The van der Waals surface area contributed by atoms with Gasteiger partial charge in [-0.2, -0.15) is 0 Å². The van der Waals surface area contributed by atoms with Gasteiger partial charge in [0.15, 0.2) is 0 Å². The highest BCUT2D eigenvalue weighted by atomic mass is 14.5. The molecule has 3 aromatic carbocycles. The summed E-state index contributed by atoms with van der Waals surface area (Å²) in [6.45, 7) is 0.588. The summed E-state index contributed by atoms with van der Waals surface area (Å²) in [7, 11) is 0. The van der Waals surface area contributed by atoms with Crippen LogP contribution in [0.2, 0.25) is 0 Å². The van der Waals surface area contributed by atoms with Gasteiger partial charge in [-0.25, -0.2) is 0 Å². The van der Waals surface area contributed by atoms with E-state index in [0.29, 0.717) is 6.54 Å². The van der Waals surface area contributed by atoms with Crippen molar-refractivity contribution < 1.29 is 0 Å². The first kappa shape index (κ1) is 16.2. The summed E-state index contributed by atoms with van der Waals surface area (Å²) in [6.07, 6.45) is 4.24. The molecule has 0 aliphatic rings. The maximum atomic E-state index is 5.69. The zero-order valence-electron chi connectivity index (χ0n) is 13.9. The van der Waals surface area contributed by atoms with E-state index in [0.717, 1.165) is 12.8 Å². The van der Waals surface area contributed by atoms with Crippen molar-refractivity contribution in [2.45, 2.75) is 19.4 Å². The van der Waals surface area contributed by atoms with Crippen LogP contribution >= 0.6 is 0 Å². The van der Waals surface area contributed by atoms with Gasteiger partial charge in [0.2, 0.25) is 0 Å². The molecule has 3 rings (SSSR count). The first-order valence-corrected chi connectivity index (χ1v) is 8.40. The minimum absolute atomic E-state index is 0.588. The maximum absolute atomic E-state index is 5.69. The normalized spacial score (nSPS) is 10.4. The first-order valence-electron chi connectivity index (χ1n) is 8.40. The molecule has 0 aliphatic heterocycles. The standard InChI is InChI=1S/C23H23N/c24-18-22-13-11-21(12-14-22)17-23(15-19-7-3-1-4-8-19)16-20-9-5-2-6-10-20/h1-14,17H,15-16,18,24H2. The fourth-order valence-electron chi connectivity index (χ4n) is 2.87. The number of hydrogen-bond acceptors (Lipinski definition) is 1. The van der Waals surface area contributed by atoms with E-state index in [4.69, 9.17) is 5.73 Å². The highest BCUT2D eigenvalue weighted by Crippen LogP contribution is 2.18. The van der Waals surface area contributed by atoms with Crippen molar-refractivity contribution in [2.24, 2.45) is 5.73 Å². The zero-order valence-corrected chi connectivity index (χ0v) is 13.9. The minimum Gasteiger partial charge on any atom is -0.326 e. The van der Waals surface area contributed by atoms with E-state index in [1.54, 1.807) is 0 Å². The van der Waals surface area contributed by atoms with Gasteiger partial charge in [-0.3, -0.25) is 0 Å². The van der Waals surface area contributed by atoms with Gasteiger partial charge in [-0.1, -0.05) is 96.6 Å². The van der Waals surface area contributed by atoms with Crippen LogP contribution in [-0.2, 0) is 19.4 Å². The Labute approximate surface area is 144 Å². The second kappa shape index (κ2) is 8.28. The molecule has 0 unspecified atom stereocenters. The SMILES string of the molecule is NCc1ccc(C=C(Cc2ccccc2)Cc2ccccc2)cc1. The van der Waals surface area contributed by atoms with Gasteiger partial charge < -0.3 is 5.73 Å². The van der Waals surface area contributed by atoms with Gasteiger partial charge in [-0.15, -0.1) is 0 Å². The molecule has 0 amide bonds. The van der Waals surface area contributed by atoms with E-state index >= 15 is 0 Å². The third-order valence-corrected chi connectivity index (χ3v) is 4.13. The Morgan fingerprint density at radius 1 is 0.625 bits per heavy atom. The fourth-order valence-corrected chi connectivity index (χ4v) is 2.87. The molecule has 1 nitrogen and oxygen atoms in total. The maximum Gasteiger partial charge on any atom is 0.0178 e. The molecule has 0 aromatic heterocycles. The third kappa shape index (κ3) is 4.68. The van der Waals surface area contributed by atoms with Crippen LogP contribution in [0.25, 0.3) is 6.08 Å². The lowest BCUT2D eigenvalue weighted by atomic mass is 9.96. The molecular formula is C23H23N. The second-order valence-electron chi connectivity index (χ2n) is 6.07. The molecular weight excluding hydrogens is 290 g/mol. The molecule has 0 bridgehead atoms. The number of benzene rings is 3. The minimum atomic E-state index is 0.588. The van der Waals surface area contributed by atoms with Crippen LogP contribution in [0.5, 0.6) is 0 Å². The van der Waals surface area contributed by atoms with Crippen LogP contribution in [0, 0.1) is 0 Å². The Hall–Kier alpha value is -2.64. The summed E-state index contributed by atoms with van der Waals surface area (Å²) < 4.78 is 0. The van der Waals surface area contributed by atoms with E-state index in [1.807, 2.05) is 0 Å². The van der Waals surface area contributed by atoms with Crippen LogP contribution in [0.3, 0.4) is 0 Å². The third-order valence-electron chi connectivity index (χ3n) is 4.13. The predicted octanol–water partition coefficient (Wildman–Crippen LogP) is 5.01. The van der Waals surface area contributed by atoms with E-state index in [2.05, 4.69) is 91.0 Å². The van der Waals surface area contributed by atoms with Crippen molar-refractivity contribution in [1.29, 1.82) is 0 Å². The van der Waals surface area contributed by atoms with Crippen molar-refractivity contribution in [3.63, 3.8) is 0 Å². The molecule has 0 fully saturated rings. The molecule has 0 spiro atoms. The van der Waals surface area contributed by atoms with Crippen molar-refractivity contribution in [1.82, 2.24) is 0 Å². The molecule has 2 N–H and O–H groups in total. The van der Waals surface area contributed by atoms with Crippen LogP contribution in [-0.4, -0.2) is 0 Å². The quantitative estimate of drug-likeness (QED) is 0.680. The molecule has 0 radical (unpaired) electrons. The largest absolute Gasteiger partial charge is 0.326 e. The van der Waals surface area contributed by atoms with Crippen LogP contribution in [0.4, 0.5) is 0 Å². The van der Waals surface area contributed by atoms with Crippen molar-refractivity contribution >= 4 is 6.08 Å². The molecule has 1 heteroatoms. The Balaban J connectivity index is 1.86. The first-order chi connectivity index (χ1) is 11.8. The highest BCUT2D eigenvalue weighted by Gasteiger charge is 2.03. The number of allylic oxidation sites excluding steroid dienone is 1. The lowest BCUT2D eigenvalue weighted by molar-refractivity contribution is 1.05. The Morgan fingerprint density at radius 3 is 1.58 bits per heavy atom. The lowest BCUT2D eigenvalue weighted by Gasteiger charge is -2.09. The zero-order chi connectivity index (χ0) is 16.6. The van der Waals surface area contributed by atoms with Gasteiger partial charge >= 0.3 is 0 Å². The highest BCUT2D eigenvalue weighted by molar-refractivity contribution is 5.55. The van der Waals surface area contributed by atoms with E-state index in [1.165, 1.54) is 27.8 Å². The van der Waals surface area contributed by atoms with Crippen molar-refractivity contribution in [3.8, 4) is 0 Å². The molecule has 0 heterocycles. The molecule has 120 valence electrons. The molecule has 24 heavy (non-hydrogen) atoms. The van der Waals surface area contributed by atoms with Gasteiger partial charge in [-0.05, 0) is 35.1 Å². The van der Waals surface area contributed by atoms with Crippen LogP contribution < -0.4 is 5.73 Å². The van der Waals surface area contributed by atoms with Gasteiger partial charge in [0.1, 0.15) is 0 Å². The predicted molar refractivity (Wildman–Crippen MR) is 103 cm³/mol. The number of hydrogen-bond donors (Lipinski definition) is 1. The molecule has 0 atom stereocenters. The summed E-state index contributed by atoms with van der Waals surface area (Å²) in [5.74, 6) is 0. The molecule has 3 aromatic rings. The monoisotopic (exact) mass is 313 g/mol.